The number of carbonyl (C=O) groups excluding carboxylic acids is 2. The lowest BCUT2D eigenvalue weighted by molar-refractivity contribution is -0.305. The van der Waals surface area contributed by atoms with Gasteiger partial charge in [-0.1, -0.05) is 0 Å². The van der Waals surface area contributed by atoms with Crippen molar-refractivity contribution in [3.63, 3.8) is 0 Å². The lowest BCUT2D eigenvalue weighted by Crippen LogP contribution is -2.32. The van der Waals surface area contributed by atoms with Gasteiger partial charge in [0.15, 0.2) is 0 Å². The van der Waals surface area contributed by atoms with Crippen LogP contribution in [0.2, 0.25) is 0 Å². The summed E-state index contributed by atoms with van der Waals surface area (Å²) in [5.41, 5.74) is 2.10. The Bertz CT molecular complexity index is 464. The molecule has 1 aromatic rings. The number of fused-ring (bicyclic) bond motifs is 1. The fourth-order valence-corrected chi connectivity index (χ4v) is 2.41. The molecule has 0 aromatic carbocycles. The van der Waals surface area contributed by atoms with Gasteiger partial charge in [-0.15, -0.1) is 0 Å². The quantitative estimate of drug-likeness (QED) is 0.848. The molecule has 0 radical (unpaired) electrons. The Balaban J connectivity index is 2.00. The normalized spacial score (nSPS) is 18.2. The molecule has 2 rings (SSSR count). The van der Waals surface area contributed by atoms with E-state index in [2.05, 4.69) is 5.32 Å². The van der Waals surface area contributed by atoms with Gasteiger partial charge in [-0.25, -0.2) is 0 Å². The smallest absolute Gasteiger partial charge is 0.220 e. The minimum absolute atomic E-state index is 0.0366. The van der Waals surface area contributed by atoms with Crippen molar-refractivity contribution in [1.29, 1.82) is 0 Å². The first-order chi connectivity index (χ1) is 8.58. The summed E-state index contributed by atoms with van der Waals surface area (Å²) < 4.78 is 5.44. The number of carboxylic acid groups (broad SMARTS) is 1. The van der Waals surface area contributed by atoms with Crippen LogP contribution in [0, 0.1) is 6.92 Å². The Hall–Kier alpha value is -1.78. The van der Waals surface area contributed by atoms with Crippen molar-refractivity contribution < 1.29 is 19.1 Å². The molecule has 1 heterocycles. The second-order valence-corrected chi connectivity index (χ2v) is 4.64. The monoisotopic (exact) mass is 250 g/mol. The summed E-state index contributed by atoms with van der Waals surface area (Å²) in [5, 5.41) is 13.2. The van der Waals surface area contributed by atoms with Gasteiger partial charge in [-0.3, -0.25) is 4.79 Å². The van der Waals surface area contributed by atoms with Crippen LogP contribution in [0.25, 0.3) is 0 Å². The fourth-order valence-electron chi connectivity index (χ4n) is 2.41. The average molecular weight is 250 g/mol. The van der Waals surface area contributed by atoms with E-state index in [-0.39, 0.29) is 24.8 Å². The van der Waals surface area contributed by atoms with Crippen LogP contribution < -0.4 is 10.4 Å². The summed E-state index contributed by atoms with van der Waals surface area (Å²) in [7, 11) is 0. The maximum Gasteiger partial charge on any atom is 0.220 e. The minimum atomic E-state index is -1.20. The first kappa shape index (κ1) is 12.7. The maximum absolute atomic E-state index is 11.6. The van der Waals surface area contributed by atoms with Crippen molar-refractivity contribution in [2.24, 2.45) is 0 Å². The Kier molecular flexibility index (Phi) is 3.69. The van der Waals surface area contributed by atoms with E-state index in [0.717, 1.165) is 36.1 Å². The molecule has 98 valence electrons. The van der Waals surface area contributed by atoms with Gasteiger partial charge in [0, 0.05) is 24.4 Å². The van der Waals surface area contributed by atoms with Crippen molar-refractivity contribution in [2.45, 2.75) is 45.1 Å². The van der Waals surface area contributed by atoms with Crippen molar-refractivity contribution >= 4 is 11.9 Å². The third kappa shape index (κ3) is 2.72. The predicted molar refractivity (Wildman–Crippen MR) is 61.5 cm³/mol. The Labute approximate surface area is 105 Å². The molecular formula is C13H16NO4-. The summed E-state index contributed by atoms with van der Waals surface area (Å²) in [6.07, 6.45) is 4.15. The first-order valence-electron chi connectivity index (χ1n) is 6.14. The van der Waals surface area contributed by atoms with Gasteiger partial charge in [0.25, 0.3) is 0 Å². The van der Waals surface area contributed by atoms with Crippen molar-refractivity contribution in [1.82, 2.24) is 5.32 Å². The van der Waals surface area contributed by atoms with Crippen LogP contribution in [0.15, 0.2) is 10.7 Å². The molecule has 1 amide bonds. The zero-order chi connectivity index (χ0) is 13.1. The number of rotatable bonds is 4. The van der Waals surface area contributed by atoms with Gasteiger partial charge in [0.2, 0.25) is 5.91 Å². The molecule has 0 spiro atoms. The van der Waals surface area contributed by atoms with E-state index in [1.807, 2.05) is 6.92 Å². The molecule has 5 heteroatoms. The predicted octanol–water partition coefficient (Wildman–Crippen LogP) is 0.612. The van der Waals surface area contributed by atoms with E-state index >= 15 is 0 Å². The summed E-state index contributed by atoms with van der Waals surface area (Å²) in [6.45, 7) is 1.95. The summed E-state index contributed by atoms with van der Waals surface area (Å²) >= 11 is 0. The highest BCUT2D eigenvalue weighted by Gasteiger charge is 2.26. The van der Waals surface area contributed by atoms with Gasteiger partial charge in [0.1, 0.15) is 5.76 Å². The summed E-state index contributed by atoms with van der Waals surface area (Å²) in [6, 6.07) is -0.0539. The molecule has 1 aliphatic carbocycles. The number of hydrogen-bond acceptors (Lipinski definition) is 4. The van der Waals surface area contributed by atoms with Crippen LogP contribution in [0.3, 0.4) is 0 Å². The molecule has 5 nitrogen and oxygen atoms in total. The minimum Gasteiger partial charge on any atom is -0.550 e. The SMILES string of the molecule is Cc1coc2c1[C@H](NC(=O)CCC(=O)[O-])CCC2. The molecule has 18 heavy (non-hydrogen) atoms. The third-order valence-electron chi connectivity index (χ3n) is 3.24. The number of aliphatic carboxylic acids is 1. The Morgan fingerprint density at radius 3 is 3.00 bits per heavy atom. The molecule has 0 aliphatic heterocycles. The number of carbonyl (C=O) groups is 2. The van der Waals surface area contributed by atoms with E-state index in [1.165, 1.54) is 0 Å². The highest BCUT2D eigenvalue weighted by molar-refractivity contribution is 5.80. The Morgan fingerprint density at radius 1 is 1.50 bits per heavy atom. The second-order valence-electron chi connectivity index (χ2n) is 4.64. The molecule has 0 unspecified atom stereocenters. The van der Waals surface area contributed by atoms with Crippen LogP contribution in [0.5, 0.6) is 0 Å². The van der Waals surface area contributed by atoms with E-state index < -0.39 is 5.97 Å². The largest absolute Gasteiger partial charge is 0.550 e. The molecule has 1 N–H and O–H groups in total. The summed E-state index contributed by atoms with van der Waals surface area (Å²) in [5.74, 6) is -0.518. The van der Waals surface area contributed by atoms with Gasteiger partial charge in [-0.05, 0) is 31.7 Å². The van der Waals surface area contributed by atoms with Gasteiger partial charge in [-0.2, -0.15) is 0 Å². The van der Waals surface area contributed by atoms with Gasteiger partial charge >= 0.3 is 0 Å². The maximum atomic E-state index is 11.6. The lowest BCUT2D eigenvalue weighted by Gasteiger charge is -2.23. The Morgan fingerprint density at radius 2 is 2.28 bits per heavy atom. The highest BCUT2D eigenvalue weighted by Crippen LogP contribution is 2.33. The molecule has 1 aliphatic rings. The number of amides is 1. The van der Waals surface area contributed by atoms with Crippen LogP contribution in [0.4, 0.5) is 0 Å². The molecule has 0 bridgehead atoms. The molecule has 1 aromatic heterocycles. The van der Waals surface area contributed by atoms with Crippen LogP contribution in [-0.4, -0.2) is 11.9 Å². The molecule has 0 saturated heterocycles. The number of furan rings is 1. The van der Waals surface area contributed by atoms with Crippen LogP contribution in [0.1, 0.15) is 48.6 Å². The molecular weight excluding hydrogens is 234 g/mol. The second kappa shape index (κ2) is 5.25. The van der Waals surface area contributed by atoms with Crippen LogP contribution in [-0.2, 0) is 16.0 Å². The molecule has 0 saturated carbocycles. The van der Waals surface area contributed by atoms with E-state index in [4.69, 9.17) is 4.42 Å². The zero-order valence-electron chi connectivity index (χ0n) is 10.3. The van der Waals surface area contributed by atoms with E-state index in [1.54, 1.807) is 6.26 Å². The lowest BCUT2D eigenvalue weighted by atomic mass is 9.91. The zero-order valence-corrected chi connectivity index (χ0v) is 10.3. The third-order valence-corrected chi connectivity index (χ3v) is 3.24. The molecule has 1 atom stereocenters. The highest BCUT2D eigenvalue weighted by atomic mass is 16.4. The van der Waals surface area contributed by atoms with Crippen molar-refractivity contribution in [2.75, 3.05) is 0 Å². The molecule has 0 fully saturated rings. The van der Waals surface area contributed by atoms with Gasteiger partial charge in [0.05, 0.1) is 12.3 Å². The summed E-state index contributed by atoms with van der Waals surface area (Å²) in [4.78, 5) is 21.9. The number of aryl methyl sites for hydroxylation is 2. The first-order valence-corrected chi connectivity index (χ1v) is 6.14. The topological polar surface area (TPSA) is 82.4 Å². The van der Waals surface area contributed by atoms with Crippen molar-refractivity contribution in [3.8, 4) is 0 Å². The fraction of sp³-hybridized carbons (Fsp3) is 0.538. The average Bonchev–Trinajstić information content (AvgIpc) is 2.70. The van der Waals surface area contributed by atoms with Crippen LogP contribution >= 0.6 is 0 Å². The van der Waals surface area contributed by atoms with E-state index in [0.29, 0.717) is 0 Å². The number of hydrogen-bond donors (Lipinski definition) is 1. The van der Waals surface area contributed by atoms with Gasteiger partial charge < -0.3 is 19.6 Å². The van der Waals surface area contributed by atoms with E-state index in [9.17, 15) is 14.7 Å². The number of carboxylic acids is 1. The van der Waals surface area contributed by atoms with Crippen molar-refractivity contribution in [3.05, 3.63) is 23.2 Å². The standard InChI is InChI=1S/C13H17NO4/c1-8-7-18-10-4-2-3-9(13(8)10)14-11(15)5-6-12(16)17/h7,9H,2-6H2,1H3,(H,14,15)(H,16,17)/p-1/t9-/m1/s1. The number of nitrogens with one attached hydrogen (secondary N) is 1.